The van der Waals surface area contributed by atoms with Crippen LogP contribution in [0.15, 0.2) is 66.9 Å². The van der Waals surface area contributed by atoms with Gasteiger partial charge in [-0.05, 0) is 61.9 Å². The minimum absolute atomic E-state index is 0.210. The molecule has 1 aromatic heterocycles. The van der Waals surface area contributed by atoms with Gasteiger partial charge in [0.2, 0.25) is 0 Å². The lowest BCUT2D eigenvalue weighted by Gasteiger charge is -2.21. The van der Waals surface area contributed by atoms with Crippen LogP contribution in [0.1, 0.15) is 33.3 Å². The van der Waals surface area contributed by atoms with Crippen LogP contribution in [0.2, 0.25) is 5.02 Å². The topological polar surface area (TPSA) is 62.3 Å². The van der Waals surface area contributed by atoms with E-state index < -0.39 is 0 Å². The van der Waals surface area contributed by atoms with Crippen molar-refractivity contribution >= 4 is 34.8 Å². The summed E-state index contributed by atoms with van der Waals surface area (Å²) in [7, 11) is 0. The van der Waals surface area contributed by atoms with Gasteiger partial charge in [-0.25, -0.2) is 0 Å². The highest BCUT2D eigenvalue weighted by molar-refractivity contribution is 6.31. The largest absolute Gasteiger partial charge is 0.322 e. The summed E-state index contributed by atoms with van der Waals surface area (Å²) in [4.78, 5) is 31.3. The number of hydrogen-bond donors (Lipinski definition) is 1. The highest BCUT2D eigenvalue weighted by Gasteiger charge is 2.19. The van der Waals surface area contributed by atoms with Crippen LogP contribution in [0.25, 0.3) is 0 Å². The van der Waals surface area contributed by atoms with Gasteiger partial charge in [-0.2, -0.15) is 0 Å². The molecular weight excluding hydrogens is 374 g/mol. The summed E-state index contributed by atoms with van der Waals surface area (Å²) in [5.41, 5.74) is 2.99. The van der Waals surface area contributed by atoms with Gasteiger partial charge < -0.3 is 10.2 Å². The SMILES string of the molecule is CCN(C(=O)c1cc(C(=O)Nc2cccc(Cl)c2)ccn1)c1cccc(C)c1. The molecule has 5 nitrogen and oxygen atoms in total. The molecule has 3 rings (SSSR count). The van der Waals surface area contributed by atoms with Gasteiger partial charge in [0.1, 0.15) is 5.69 Å². The Labute approximate surface area is 169 Å². The van der Waals surface area contributed by atoms with Gasteiger partial charge in [0.15, 0.2) is 0 Å². The van der Waals surface area contributed by atoms with Crippen molar-refractivity contribution < 1.29 is 9.59 Å². The Balaban J connectivity index is 1.83. The van der Waals surface area contributed by atoms with Crippen molar-refractivity contribution in [3.63, 3.8) is 0 Å². The molecule has 0 saturated carbocycles. The molecule has 0 fully saturated rings. The monoisotopic (exact) mass is 393 g/mol. The predicted octanol–water partition coefficient (Wildman–Crippen LogP) is 4.96. The molecule has 142 valence electrons. The van der Waals surface area contributed by atoms with Crippen molar-refractivity contribution in [3.8, 4) is 0 Å². The van der Waals surface area contributed by atoms with E-state index in [-0.39, 0.29) is 17.5 Å². The molecule has 3 aromatic rings. The van der Waals surface area contributed by atoms with E-state index in [9.17, 15) is 9.59 Å². The minimum Gasteiger partial charge on any atom is -0.322 e. The van der Waals surface area contributed by atoms with Gasteiger partial charge >= 0.3 is 0 Å². The summed E-state index contributed by atoms with van der Waals surface area (Å²) in [5, 5.41) is 3.30. The van der Waals surface area contributed by atoms with Crippen molar-refractivity contribution in [2.24, 2.45) is 0 Å². The molecule has 0 bridgehead atoms. The number of aromatic nitrogens is 1. The van der Waals surface area contributed by atoms with Crippen LogP contribution < -0.4 is 10.2 Å². The summed E-state index contributed by atoms with van der Waals surface area (Å²) < 4.78 is 0. The van der Waals surface area contributed by atoms with Crippen LogP contribution >= 0.6 is 11.6 Å². The highest BCUT2D eigenvalue weighted by atomic mass is 35.5. The van der Waals surface area contributed by atoms with Crippen LogP contribution in [0.5, 0.6) is 0 Å². The summed E-state index contributed by atoms with van der Waals surface area (Å²) in [6.07, 6.45) is 1.46. The second-order valence-electron chi connectivity index (χ2n) is 6.28. The number of rotatable bonds is 5. The third-order valence-corrected chi connectivity index (χ3v) is 4.43. The fraction of sp³-hybridized carbons (Fsp3) is 0.136. The number of carbonyl (C=O) groups excluding carboxylic acids is 2. The van der Waals surface area contributed by atoms with Crippen LogP contribution in [-0.4, -0.2) is 23.3 Å². The van der Waals surface area contributed by atoms with Crippen molar-refractivity contribution in [1.29, 1.82) is 0 Å². The van der Waals surface area contributed by atoms with Gasteiger partial charge in [-0.1, -0.05) is 29.8 Å². The number of nitrogens with zero attached hydrogens (tertiary/aromatic N) is 2. The van der Waals surface area contributed by atoms with Gasteiger partial charge in [0, 0.05) is 34.7 Å². The molecule has 0 unspecified atom stereocenters. The first-order chi connectivity index (χ1) is 13.5. The van der Waals surface area contributed by atoms with E-state index in [0.29, 0.717) is 22.8 Å². The maximum Gasteiger partial charge on any atom is 0.276 e. The molecule has 1 heterocycles. The Kier molecular flexibility index (Phi) is 6.06. The van der Waals surface area contributed by atoms with Gasteiger partial charge in [-0.15, -0.1) is 0 Å². The standard InChI is InChI=1S/C22H20ClN3O2/c1-3-26(19-9-4-6-15(2)12-19)22(28)20-13-16(10-11-24-20)21(27)25-18-8-5-7-17(23)14-18/h4-14H,3H2,1-2H3,(H,25,27). The molecule has 28 heavy (non-hydrogen) atoms. The maximum atomic E-state index is 13.0. The first-order valence-corrected chi connectivity index (χ1v) is 9.27. The van der Waals surface area contributed by atoms with E-state index in [2.05, 4.69) is 10.3 Å². The predicted molar refractivity (Wildman–Crippen MR) is 112 cm³/mol. The molecule has 0 aliphatic rings. The van der Waals surface area contributed by atoms with Crippen LogP contribution in [0.3, 0.4) is 0 Å². The molecule has 1 N–H and O–H groups in total. The van der Waals surface area contributed by atoms with E-state index in [1.54, 1.807) is 35.2 Å². The van der Waals surface area contributed by atoms with Crippen molar-refractivity contribution in [1.82, 2.24) is 4.98 Å². The zero-order valence-corrected chi connectivity index (χ0v) is 16.4. The number of anilines is 2. The Bertz CT molecular complexity index is 1020. The van der Waals surface area contributed by atoms with Crippen LogP contribution in [0, 0.1) is 6.92 Å². The number of pyridine rings is 1. The minimum atomic E-state index is -0.336. The molecule has 0 saturated heterocycles. The first-order valence-electron chi connectivity index (χ1n) is 8.89. The number of carbonyl (C=O) groups is 2. The third kappa shape index (κ3) is 4.56. The lowest BCUT2D eigenvalue weighted by atomic mass is 10.1. The average Bonchev–Trinajstić information content (AvgIpc) is 2.68. The lowest BCUT2D eigenvalue weighted by molar-refractivity contribution is 0.0983. The molecule has 2 amide bonds. The fourth-order valence-corrected chi connectivity index (χ4v) is 3.03. The zero-order chi connectivity index (χ0) is 20.1. The van der Waals surface area contributed by atoms with E-state index in [1.807, 2.05) is 38.1 Å². The number of nitrogens with one attached hydrogen (secondary N) is 1. The van der Waals surface area contributed by atoms with E-state index >= 15 is 0 Å². The normalized spacial score (nSPS) is 10.4. The number of hydrogen-bond acceptors (Lipinski definition) is 3. The first kappa shape index (κ1) is 19.6. The van der Waals surface area contributed by atoms with Crippen LogP contribution in [-0.2, 0) is 0 Å². The van der Waals surface area contributed by atoms with E-state index in [4.69, 9.17) is 11.6 Å². The Morgan fingerprint density at radius 3 is 2.57 bits per heavy atom. The Morgan fingerprint density at radius 2 is 1.86 bits per heavy atom. The maximum absolute atomic E-state index is 13.0. The Morgan fingerprint density at radius 1 is 1.07 bits per heavy atom. The number of benzene rings is 2. The smallest absolute Gasteiger partial charge is 0.276 e. The molecule has 0 aliphatic carbocycles. The van der Waals surface area contributed by atoms with Gasteiger partial charge in [0.25, 0.3) is 11.8 Å². The molecule has 0 atom stereocenters. The number of amides is 2. The zero-order valence-electron chi connectivity index (χ0n) is 15.6. The number of aryl methyl sites for hydroxylation is 1. The molecule has 0 radical (unpaired) electrons. The summed E-state index contributed by atoms with van der Waals surface area (Å²) >= 11 is 5.95. The van der Waals surface area contributed by atoms with Crippen molar-refractivity contribution in [2.75, 3.05) is 16.8 Å². The quantitative estimate of drug-likeness (QED) is 0.666. The fourth-order valence-electron chi connectivity index (χ4n) is 2.84. The molecule has 0 aliphatic heterocycles. The molecule has 6 heteroatoms. The lowest BCUT2D eigenvalue weighted by Crippen LogP contribution is -2.31. The van der Waals surface area contributed by atoms with Crippen LogP contribution in [0.4, 0.5) is 11.4 Å². The van der Waals surface area contributed by atoms with Crippen molar-refractivity contribution in [2.45, 2.75) is 13.8 Å². The second kappa shape index (κ2) is 8.67. The van der Waals surface area contributed by atoms with Gasteiger partial charge in [0.05, 0.1) is 0 Å². The Hall–Kier alpha value is -3.18. The molecular formula is C22H20ClN3O2. The summed E-state index contributed by atoms with van der Waals surface area (Å²) in [6, 6.07) is 17.6. The third-order valence-electron chi connectivity index (χ3n) is 4.20. The van der Waals surface area contributed by atoms with E-state index in [1.165, 1.54) is 12.3 Å². The second-order valence-corrected chi connectivity index (χ2v) is 6.72. The van der Waals surface area contributed by atoms with E-state index in [0.717, 1.165) is 11.3 Å². The average molecular weight is 394 g/mol. The molecule has 0 spiro atoms. The highest BCUT2D eigenvalue weighted by Crippen LogP contribution is 2.19. The summed E-state index contributed by atoms with van der Waals surface area (Å²) in [6.45, 7) is 4.36. The number of halogens is 1. The van der Waals surface area contributed by atoms with Gasteiger partial charge in [-0.3, -0.25) is 14.6 Å². The van der Waals surface area contributed by atoms with Crippen molar-refractivity contribution in [3.05, 3.63) is 88.7 Å². The molecule has 2 aromatic carbocycles. The summed E-state index contributed by atoms with van der Waals surface area (Å²) in [5.74, 6) is -0.595.